The van der Waals surface area contributed by atoms with Crippen LogP contribution in [-0.2, 0) is 22.6 Å². The average molecular weight is 470 g/mol. The van der Waals surface area contributed by atoms with E-state index in [-0.39, 0.29) is 12.5 Å². The minimum absolute atomic E-state index is 0.0140. The second-order valence-corrected chi connectivity index (χ2v) is 8.27. The highest BCUT2D eigenvalue weighted by molar-refractivity contribution is 5.98. The van der Waals surface area contributed by atoms with Crippen molar-refractivity contribution in [2.45, 2.75) is 33.3 Å². The highest BCUT2D eigenvalue weighted by Gasteiger charge is 2.12. The molecule has 0 fully saturated rings. The van der Waals surface area contributed by atoms with Gasteiger partial charge in [-0.05, 0) is 60.9 Å². The fourth-order valence-corrected chi connectivity index (χ4v) is 3.74. The lowest BCUT2D eigenvalue weighted by atomic mass is 10.1. The standard InChI is InChI=1S/C29H31N3O3/c1-3-8-21-11-13-24(14-12-21)30-29-27(31-28(33)20-34-4-2)18-23-17-25(15-16-26(23)32-29)35-19-22-9-6-5-7-10-22/h5-7,9-18H,3-4,8,19-20H2,1-2H3,(H,30,32)(H,31,33). The lowest BCUT2D eigenvalue weighted by molar-refractivity contribution is -0.120. The number of carbonyl (C=O) groups is 1. The van der Waals surface area contributed by atoms with Crippen molar-refractivity contribution < 1.29 is 14.3 Å². The summed E-state index contributed by atoms with van der Waals surface area (Å²) in [7, 11) is 0. The number of ether oxygens (including phenoxy) is 2. The van der Waals surface area contributed by atoms with Gasteiger partial charge in [0.05, 0.1) is 11.2 Å². The van der Waals surface area contributed by atoms with Gasteiger partial charge in [-0.1, -0.05) is 55.8 Å². The van der Waals surface area contributed by atoms with Crippen LogP contribution in [0.5, 0.6) is 5.75 Å². The number of nitrogens with one attached hydrogen (secondary N) is 2. The lowest BCUT2D eigenvalue weighted by Gasteiger charge is -2.15. The normalized spacial score (nSPS) is 10.8. The van der Waals surface area contributed by atoms with Crippen molar-refractivity contribution in [1.29, 1.82) is 0 Å². The number of aryl methyl sites for hydroxylation is 1. The van der Waals surface area contributed by atoms with Crippen molar-refractivity contribution >= 4 is 34.0 Å². The van der Waals surface area contributed by atoms with E-state index in [0.717, 1.165) is 40.7 Å². The minimum atomic E-state index is -0.231. The molecular formula is C29H31N3O3. The van der Waals surface area contributed by atoms with Gasteiger partial charge in [0.2, 0.25) is 5.91 Å². The fraction of sp³-hybridized carbons (Fsp3) is 0.241. The summed E-state index contributed by atoms with van der Waals surface area (Å²) in [5, 5.41) is 7.16. The number of anilines is 3. The van der Waals surface area contributed by atoms with Gasteiger partial charge in [-0.3, -0.25) is 4.79 Å². The van der Waals surface area contributed by atoms with Crippen LogP contribution in [0.25, 0.3) is 10.9 Å². The molecule has 0 aliphatic rings. The Morgan fingerprint density at radius 1 is 0.914 bits per heavy atom. The highest BCUT2D eigenvalue weighted by Crippen LogP contribution is 2.30. The second-order valence-electron chi connectivity index (χ2n) is 8.27. The number of benzene rings is 3. The number of fused-ring (bicyclic) bond motifs is 1. The molecule has 4 rings (SSSR count). The molecule has 0 radical (unpaired) electrons. The molecule has 35 heavy (non-hydrogen) atoms. The van der Waals surface area contributed by atoms with Crippen LogP contribution in [-0.4, -0.2) is 24.1 Å². The molecule has 0 spiro atoms. The maximum absolute atomic E-state index is 12.4. The van der Waals surface area contributed by atoms with E-state index in [2.05, 4.69) is 29.7 Å². The predicted molar refractivity (Wildman–Crippen MR) is 141 cm³/mol. The molecule has 6 nitrogen and oxygen atoms in total. The van der Waals surface area contributed by atoms with Crippen molar-refractivity contribution in [1.82, 2.24) is 4.98 Å². The molecule has 0 aliphatic heterocycles. The first-order valence-corrected chi connectivity index (χ1v) is 12.0. The molecule has 1 heterocycles. The quantitative estimate of drug-likeness (QED) is 0.263. The zero-order valence-electron chi connectivity index (χ0n) is 20.2. The molecule has 4 aromatic rings. The number of aromatic nitrogens is 1. The van der Waals surface area contributed by atoms with Crippen LogP contribution in [0.4, 0.5) is 17.2 Å². The van der Waals surface area contributed by atoms with Gasteiger partial charge in [-0.2, -0.15) is 0 Å². The van der Waals surface area contributed by atoms with Gasteiger partial charge in [0.15, 0.2) is 5.82 Å². The highest BCUT2D eigenvalue weighted by atomic mass is 16.5. The van der Waals surface area contributed by atoms with Gasteiger partial charge in [0.1, 0.15) is 19.0 Å². The fourth-order valence-electron chi connectivity index (χ4n) is 3.74. The summed E-state index contributed by atoms with van der Waals surface area (Å²) in [5.74, 6) is 1.08. The molecule has 6 heteroatoms. The molecule has 0 saturated heterocycles. The van der Waals surface area contributed by atoms with Gasteiger partial charge in [0.25, 0.3) is 0 Å². The van der Waals surface area contributed by atoms with Crippen LogP contribution in [0.15, 0.2) is 78.9 Å². The van der Waals surface area contributed by atoms with Crippen molar-refractivity contribution in [3.8, 4) is 5.75 Å². The van der Waals surface area contributed by atoms with E-state index in [0.29, 0.717) is 24.7 Å². The number of amides is 1. The Morgan fingerprint density at radius 2 is 1.71 bits per heavy atom. The second kappa shape index (κ2) is 12.0. The Bertz CT molecular complexity index is 1260. The summed E-state index contributed by atoms with van der Waals surface area (Å²) < 4.78 is 11.2. The van der Waals surface area contributed by atoms with Crippen LogP contribution in [0.3, 0.4) is 0 Å². The average Bonchev–Trinajstić information content (AvgIpc) is 2.88. The Balaban J connectivity index is 1.60. The molecule has 1 aromatic heterocycles. The third-order valence-electron chi connectivity index (χ3n) is 5.50. The number of carbonyl (C=O) groups excluding carboxylic acids is 1. The number of pyridine rings is 1. The molecule has 1 amide bonds. The van der Waals surface area contributed by atoms with Gasteiger partial charge < -0.3 is 20.1 Å². The third-order valence-corrected chi connectivity index (χ3v) is 5.50. The summed E-state index contributed by atoms with van der Waals surface area (Å²) >= 11 is 0. The molecule has 0 saturated carbocycles. The van der Waals surface area contributed by atoms with Crippen LogP contribution in [0.2, 0.25) is 0 Å². The van der Waals surface area contributed by atoms with E-state index in [1.807, 2.05) is 73.7 Å². The van der Waals surface area contributed by atoms with Crippen LogP contribution in [0, 0.1) is 0 Å². The first-order chi connectivity index (χ1) is 17.1. The molecule has 2 N–H and O–H groups in total. The van der Waals surface area contributed by atoms with Crippen LogP contribution in [0.1, 0.15) is 31.4 Å². The van der Waals surface area contributed by atoms with Crippen LogP contribution < -0.4 is 15.4 Å². The van der Waals surface area contributed by atoms with Crippen molar-refractivity contribution in [3.63, 3.8) is 0 Å². The van der Waals surface area contributed by atoms with Crippen molar-refractivity contribution in [2.24, 2.45) is 0 Å². The van der Waals surface area contributed by atoms with E-state index in [1.165, 1.54) is 5.56 Å². The molecule has 180 valence electrons. The Kier molecular flexibility index (Phi) is 8.30. The molecule has 0 aliphatic carbocycles. The Morgan fingerprint density at radius 3 is 2.46 bits per heavy atom. The van der Waals surface area contributed by atoms with E-state index >= 15 is 0 Å². The third kappa shape index (κ3) is 6.80. The molecule has 0 bridgehead atoms. The maximum atomic E-state index is 12.4. The predicted octanol–water partition coefficient (Wildman–Crippen LogP) is 6.48. The summed E-state index contributed by atoms with van der Waals surface area (Å²) in [5.41, 5.74) is 4.67. The topological polar surface area (TPSA) is 72.5 Å². The maximum Gasteiger partial charge on any atom is 0.250 e. The number of hydrogen-bond acceptors (Lipinski definition) is 5. The number of rotatable bonds is 11. The van der Waals surface area contributed by atoms with Crippen molar-refractivity contribution in [2.75, 3.05) is 23.8 Å². The monoisotopic (exact) mass is 469 g/mol. The number of hydrogen-bond donors (Lipinski definition) is 2. The summed E-state index contributed by atoms with van der Waals surface area (Å²) in [4.78, 5) is 17.2. The Hall–Kier alpha value is -3.90. The lowest BCUT2D eigenvalue weighted by Crippen LogP contribution is -2.19. The number of nitrogens with zero attached hydrogens (tertiary/aromatic N) is 1. The zero-order chi connectivity index (χ0) is 24.5. The van der Waals surface area contributed by atoms with Gasteiger partial charge in [-0.15, -0.1) is 0 Å². The van der Waals surface area contributed by atoms with E-state index in [9.17, 15) is 4.79 Å². The first-order valence-electron chi connectivity index (χ1n) is 12.0. The summed E-state index contributed by atoms with van der Waals surface area (Å²) in [6, 6.07) is 26.0. The Labute approximate surface area is 206 Å². The van der Waals surface area contributed by atoms with E-state index < -0.39 is 0 Å². The smallest absolute Gasteiger partial charge is 0.250 e. The molecule has 3 aromatic carbocycles. The minimum Gasteiger partial charge on any atom is -0.489 e. The van der Waals surface area contributed by atoms with Gasteiger partial charge in [0, 0.05) is 17.7 Å². The largest absolute Gasteiger partial charge is 0.489 e. The molecule has 0 unspecified atom stereocenters. The van der Waals surface area contributed by atoms with E-state index in [1.54, 1.807) is 0 Å². The van der Waals surface area contributed by atoms with Crippen LogP contribution >= 0.6 is 0 Å². The summed E-state index contributed by atoms with van der Waals surface area (Å²) in [6.07, 6.45) is 2.15. The van der Waals surface area contributed by atoms with Gasteiger partial charge in [-0.25, -0.2) is 4.98 Å². The first kappa shape index (κ1) is 24.2. The van der Waals surface area contributed by atoms with Gasteiger partial charge >= 0.3 is 0 Å². The SMILES string of the molecule is CCCc1ccc(Nc2nc3ccc(OCc4ccccc4)cc3cc2NC(=O)COCC)cc1. The van der Waals surface area contributed by atoms with E-state index in [4.69, 9.17) is 14.5 Å². The zero-order valence-corrected chi connectivity index (χ0v) is 20.2. The summed E-state index contributed by atoms with van der Waals surface area (Å²) in [6.45, 7) is 4.96. The molecular weight excluding hydrogens is 438 g/mol. The molecule has 0 atom stereocenters. The van der Waals surface area contributed by atoms with Crippen molar-refractivity contribution in [3.05, 3.63) is 90.0 Å².